The third-order valence-corrected chi connectivity index (χ3v) is 3.44. The van der Waals surface area contributed by atoms with Gasteiger partial charge in [0.2, 0.25) is 0 Å². The van der Waals surface area contributed by atoms with E-state index in [1.807, 2.05) is 24.3 Å². The number of hydrogen-bond acceptors (Lipinski definition) is 2. The maximum absolute atomic E-state index is 11.8. The van der Waals surface area contributed by atoms with E-state index in [0.717, 1.165) is 24.8 Å². The van der Waals surface area contributed by atoms with Gasteiger partial charge in [0.05, 0.1) is 0 Å². The Morgan fingerprint density at radius 2 is 1.63 bits per heavy atom. The van der Waals surface area contributed by atoms with Gasteiger partial charge in [-0.1, -0.05) is 56.0 Å². The van der Waals surface area contributed by atoms with Crippen molar-refractivity contribution in [3.05, 3.63) is 35.9 Å². The van der Waals surface area contributed by atoms with Gasteiger partial charge < -0.3 is 4.74 Å². The molecule has 0 saturated heterocycles. The number of hydrogen-bond donors (Lipinski definition) is 0. The van der Waals surface area contributed by atoms with Crippen LogP contribution in [-0.4, -0.2) is 5.97 Å². The lowest BCUT2D eigenvalue weighted by atomic mass is 10.1. The van der Waals surface area contributed by atoms with E-state index in [4.69, 9.17) is 4.74 Å². The van der Waals surface area contributed by atoms with Gasteiger partial charge in [0, 0.05) is 12.0 Å². The van der Waals surface area contributed by atoms with Gasteiger partial charge in [0.15, 0.2) is 0 Å². The molecule has 1 heterocycles. The number of esters is 1. The molecule has 0 aliphatic carbocycles. The van der Waals surface area contributed by atoms with Crippen LogP contribution in [0.5, 0.6) is 5.75 Å². The highest BCUT2D eigenvalue weighted by atomic mass is 16.5. The van der Waals surface area contributed by atoms with Crippen molar-refractivity contribution in [2.24, 2.45) is 0 Å². The van der Waals surface area contributed by atoms with Crippen molar-refractivity contribution in [1.29, 1.82) is 0 Å². The minimum atomic E-state index is -0.113. The van der Waals surface area contributed by atoms with Crippen LogP contribution in [0, 0.1) is 0 Å². The van der Waals surface area contributed by atoms with Crippen molar-refractivity contribution in [3.63, 3.8) is 0 Å². The summed E-state index contributed by atoms with van der Waals surface area (Å²) < 4.78 is 5.45. The van der Waals surface area contributed by atoms with Gasteiger partial charge in [0.1, 0.15) is 5.75 Å². The molecule has 0 atom stereocenters. The summed E-state index contributed by atoms with van der Waals surface area (Å²) in [5.41, 5.74) is 0.993. The molecule has 0 fully saturated rings. The quantitative estimate of drug-likeness (QED) is 0.496. The summed E-state index contributed by atoms with van der Waals surface area (Å²) in [6, 6.07) is 7.73. The van der Waals surface area contributed by atoms with E-state index < -0.39 is 0 Å². The number of carbonyl (C=O) groups is 1. The summed E-state index contributed by atoms with van der Waals surface area (Å²) in [6.45, 7) is 0. The first-order chi connectivity index (χ1) is 9.36. The summed E-state index contributed by atoms with van der Waals surface area (Å²) in [5, 5.41) is 0. The zero-order valence-corrected chi connectivity index (χ0v) is 11.4. The first-order valence-corrected chi connectivity index (χ1v) is 7.32. The average Bonchev–Trinajstić information content (AvgIpc) is 2.42. The zero-order valence-electron chi connectivity index (χ0n) is 11.4. The fraction of sp³-hybridized carbons (Fsp3) is 0.471. The SMILES string of the molecule is O=C1CCCCCCCCC=Cc2ccccc2O1. The van der Waals surface area contributed by atoms with E-state index in [-0.39, 0.29) is 5.97 Å². The molecule has 1 aliphatic rings. The fourth-order valence-electron chi connectivity index (χ4n) is 2.33. The molecular weight excluding hydrogens is 236 g/mol. The summed E-state index contributed by atoms with van der Waals surface area (Å²) in [6.07, 6.45) is 13.0. The predicted molar refractivity (Wildman–Crippen MR) is 78.0 cm³/mol. The summed E-state index contributed by atoms with van der Waals surface area (Å²) in [7, 11) is 0. The molecule has 0 spiro atoms. The molecule has 2 nitrogen and oxygen atoms in total. The van der Waals surface area contributed by atoms with Gasteiger partial charge in [-0.25, -0.2) is 0 Å². The molecule has 0 unspecified atom stereocenters. The first kappa shape index (κ1) is 13.9. The lowest BCUT2D eigenvalue weighted by Gasteiger charge is -2.08. The fourth-order valence-corrected chi connectivity index (χ4v) is 2.33. The summed E-state index contributed by atoms with van der Waals surface area (Å²) in [4.78, 5) is 11.8. The van der Waals surface area contributed by atoms with E-state index in [2.05, 4.69) is 12.2 Å². The Bertz CT molecular complexity index is 435. The molecule has 1 aliphatic heterocycles. The Labute approximate surface area is 115 Å². The lowest BCUT2D eigenvalue weighted by Crippen LogP contribution is -2.08. The Morgan fingerprint density at radius 1 is 0.895 bits per heavy atom. The van der Waals surface area contributed by atoms with Crippen LogP contribution in [0.25, 0.3) is 6.08 Å². The Morgan fingerprint density at radius 3 is 2.53 bits per heavy atom. The van der Waals surface area contributed by atoms with Crippen molar-refractivity contribution < 1.29 is 9.53 Å². The van der Waals surface area contributed by atoms with E-state index in [1.165, 1.54) is 25.7 Å². The molecule has 2 heteroatoms. The Hall–Kier alpha value is -1.57. The Kier molecular flexibility index (Phi) is 5.67. The van der Waals surface area contributed by atoms with Crippen LogP contribution in [0.15, 0.2) is 30.3 Å². The van der Waals surface area contributed by atoms with Gasteiger partial charge >= 0.3 is 5.97 Å². The summed E-state index contributed by atoms with van der Waals surface area (Å²) >= 11 is 0. The lowest BCUT2D eigenvalue weighted by molar-refractivity contribution is -0.134. The van der Waals surface area contributed by atoms with Crippen molar-refractivity contribution in [3.8, 4) is 5.75 Å². The van der Waals surface area contributed by atoms with Crippen LogP contribution >= 0.6 is 0 Å². The first-order valence-electron chi connectivity index (χ1n) is 7.32. The maximum atomic E-state index is 11.8. The normalized spacial score (nSPS) is 18.2. The highest BCUT2D eigenvalue weighted by Crippen LogP contribution is 2.21. The molecule has 0 radical (unpaired) electrons. The zero-order chi connectivity index (χ0) is 13.3. The highest BCUT2D eigenvalue weighted by molar-refractivity contribution is 5.74. The number of allylic oxidation sites excluding steroid dienone is 1. The molecule has 1 aromatic carbocycles. The average molecular weight is 258 g/mol. The number of rotatable bonds is 0. The van der Waals surface area contributed by atoms with Crippen molar-refractivity contribution in [1.82, 2.24) is 0 Å². The van der Waals surface area contributed by atoms with E-state index in [9.17, 15) is 4.79 Å². The molecule has 2 rings (SSSR count). The monoisotopic (exact) mass is 258 g/mol. The topological polar surface area (TPSA) is 26.3 Å². The molecule has 1 aromatic rings. The second kappa shape index (κ2) is 7.78. The molecule has 0 saturated carbocycles. The van der Waals surface area contributed by atoms with E-state index in [1.54, 1.807) is 0 Å². The van der Waals surface area contributed by atoms with E-state index >= 15 is 0 Å². The van der Waals surface area contributed by atoms with E-state index in [0.29, 0.717) is 12.2 Å². The van der Waals surface area contributed by atoms with Crippen molar-refractivity contribution in [2.75, 3.05) is 0 Å². The maximum Gasteiger partial charge on any atom is 0.311 e. The molecule has 0 amide bonds. The molecule has 0 aromatic heterocycles. The predicted octanol–water partition coefficient (Wildman–Crippen LogP) is 4.74. The largest absolute Gasteiger partial charge is 0.426 e. The van der Waals surface area contributed by atoms with Crippen LogP contribution in [0.3, 0.4) is 0 Å². The number of carbonyl (C=O) groups excluding carboxylic acids is 1. The highest BCUT2D eigenvalue weighted by Gasteiger charge is 2.07. The van der Waals surface area contributed by atoms with Gasteiger partial charge in [-0.2, -0.15) is 0 Å². The molecule has 102 valence electrons. The number of benzene rings is 1. The second-order valence-electron chi connectivity index (χ2n) is 5.07. The minimum absolute atomic E-state index is 0.113. The van der Waals surface area contributed by atoms with Crippen LogP contribution in [-0.2, 0) is 4.79 Å². The Balaban J connectivity index is 2.08. The number of para-hydroxylation sites is 1. The smallest absolute Gasteiger partial charge is 0.311 e. The van der Waals surface area contributed by atoms with Gasteiger partial charge in [-0.05, 0) is 25.3 Å². The molecule has 19 heavy (non-hydrogen) atoms. The number of fused-ring (bicyclic) bond motifs is 1. The van der Waals surface area contributed by atoms with Crippen LogP contribution in [0.2, 0.25) is 0 Å². The molecule has 0 bridgehead atoms. The third kappa shape index (κ3) is 4.90. The van der Waals surface area contributed by atoms with Gasteiger partial charge in [-0.15, -0.1) is 0 Å². The molecular formula is C17H22O2. The minimum Gasteiger partial charge on any atom is -0.426 e. The van der Waals surface area contributed by atoms with Crippen molar-refractivity contribution in [2.45, 2.75) is 51.4 Å². The second-order valence-corrected chi connectivity index (χ2v) is 5.07. The van der Waals surface area contributed by atoms with Crippen molar-refractivity contribution >= 4 is 12.0 Å². The molecule has 0 N–H and O–H groups in total. The van der Waals surface area contributed by atoms with Gasteiger partial charge in [-0.3, -0.25) is 4.79 Å². The van der Waals surface area contributed by atoms with Gasteiger partial charge in [0.25, 0.3) is 0 Å². The van der Waals surface area contributed by atoms with Crippen LogP contribution < -0.4 is 4.74 Å². The number of ether oxygens (including phenoxy) is 1. The third-order valence-electron chi connectivity index (χ3n) is 3.44. The van der Waals surface area contributed by atoms with Crippen LogP contribution in [0.1, 0.15) is 56.9 Å². The van der Waals surface area contributed by atoms with Crippen LogP contribution in [0.4, 0.5) is 0 Å². The summed E-state index contributed by atoms with van der Waals surface area (Å²) in [5.74, 6) is 0.568. The standard InChI is InChI=1S/C17H22O2/c18-17-14-8-6-4-2-1-3-5-7-11-15-12-9-10-13-16(15)19-17/h7,9-13H,1-6,8,14H2.